The van der Waals surface area contributed by atoms with E-state index in [2.05, 4.69) is 10.3 Å². The molecule has 0 saturated heterocycles. The molecule has 0 saturated carbocycles. The highest BCUT2D eigenvalue weighted by Gasteiger charge is 2.33. The highest BCUT2D eigenvalue weighted by atomic mass is 16.6. The maximum Gasteiger partial charge on any atom is 0.359 e. The normalized spacial score (nSPS) is 12.9. The summed E-state index contributed by atoms with van der Waals surface area (Å²) in [5.41, 5.74) is 1.36. The van der Waals surface area contributed by atoms with Gasteiger partial charge in [0.1, 0.15) is 12.1 Å². The average molecular weight is 506 g/mol. The Labute approximate surface area is 215 Å². The number of nitrogens with zero attached hydrogens (tertiary/aromatic N) is 4. The molecular weight excluding hydrogens is 474 g/mol. The van der Waals surface area contributed by atoms with Gasteiger partial charge in [-0.3, -0.25) is 14.2 Å². The van der Waals surface area contributed by atoms with Crippen molar-refractivity contribution in [1.82, 2.24) is 9.55 Å². The molecule has 0 unspecified atom stereocenters. The number of nitrogens with one attached hydrogen (secondary N) is 1. The third-order valence-corrected chi connectivity index (χ3v) is 5.81. The summed E-state index contributed by atoms with van der Waals surface area (Å²) in [7, 11) is 5.10. The number of anilines is 3. The maximum atomic E-state index is 13.6. The first-order valence-electron chi connectivity index (χ1n) is 11.9. The molecule has 2 amide bonds. The number of amides is 2. The lowest BCUT2D eigenvalue weighted by molar-refractivity contribution is -0.120. The van der Waals surface area contributed by atoms with Gasteiger partial charge in [-0.1, -0.05) is 36.4 Å². The van der Waals surface area contributed by atoms with Crippen molar-refractivity contribution in [2.45, 2.75) is 25.9 Å². The smallest absolute Gasteiger partial charge is 0.359 e. The number of esters is 1. The van der Waals surface area contributed by atoms with Crippen LogP contribution < -0.4 is 15.1 Å². The van der Waals surface area contributed by atoms with Crippen LogP contribution in [0.3, 0.4) is 0 Å². The van der Waals surface area contributed by atoms with Crippen LogP contribution in [-0.2, 0) is 25.5 Å². The molecule has 3 aromatic rings. The summed E-state index contributed by atoms with van der Waals surface area (Å²) in [6.45, 7) is 3.43. The van der Waals surface area contributed by atoms with Gasteiger partial charge in [0.15, 0.2) is 11.5 Å². The van der Waals surface area contributed by atoms with Crippen molar-refractivity contribution in [1.29, 1.82) is 0 Å². The SMILES string of the molecule is COCC(C)(C)OC(=O)c1c(NC(=O)CN2C(=O)Cc3ccccc32)nc(N(C)C)n1-c1ccccc1. The van der Waals surface area contributed by atoms with Gasteiger partial charge in [0, 0.05) is 32.6 Å². The first-order chi connectivity index (χ1) is 17.6. The molecule has 4 rings (SSSR count). The predicted octanol–water partition coefficient (Wildman–Crippen LogP) is 3.05. The summed E-state index contributed by atoms with van der Waals surface area (Å²) in [4.78, 5) is 47.1. The largest absolute Gasteiger partial charge is 0.452 e. The standard InChI is InChI=1S/C27H31N5O5/c1-27(2,17-36-5)37-25(35)23-24(29-26(30(3)4)32(23)19-12-7-6-8-13-19)28-21(33)16-31-20-14-10-9-11-18(20)15-22(31)34/h6-14H,15-17H2,1-5H3,(H,28,33). The van der Waals surface area contributed by atoms with Gasteiger partial charge in [-0.15, -0.1) is 0 Å². The highest BCUT2D eigenvalue weighted by Crippen LogP contribution is 2.31. The number of imidazole rings is 1. The quantitative estimate of drug-likeness (QED) is 0.446. The third-order valence-electron chi connectivity index (χ3n) is 5.81. The molecule has 1 aliphatic heterocycles. The molecule has 2 heterocycles. The number of rotatable bonds is 9. The molecule has 0 atom stereocenters. The van der Waals surface area contributed by atoms with E-state index >= 15 is 0 Å². The summed E-state index contributed by atoms with van der Waals surface area (Å²) in [6, 6.07) is 16.6. The van der Waals surface area contributed by atoms with Crippen molar-refractivity contribution >= 4 is 35.2 Å². The Balaban J connectivity index is 1.71. The van der Waals surface area contributed by atoms with E-state index in [0.29, 0.717) is 17.3 Å². The summed E-state index contributed by atoms with van der Waals surface area (Å²) in [6.07, 6.45) is 0.239. The Morgan fingerprint density at radius 1 is 1.08 bits per heavy atom. The number of hydrogen-bond donors (Lipinski definition) is 1. The first-order valence-corrected chi connectivity index (χ1v) is 11.9. The molecule has 0 fully saturated rings. The molecule has 0 aliphatic carbocycles. The monoisotopic (exact) mass is 505 g/mol. The van der Waals surface area contributed by atoms with E-state index in [1.165, 1.54) is 12.0 Å². The molecule has 10 heteroatoms. The second kappa shape index (κ2) is 10.4. The number of aromatic nitrogens is 2. The Morgan fingerprint density at radius 3 is 2.43 bits per heavy atom. The van der Waals surface area contributed by atoms with Crippen molar-refractivity contribution < 1.29 is 23.9 Å². The van der Waals surface area contributed by atoms with Gasteiger partial charge in [-0.25, -0.2) is 4.79 Å². The van der Waals surface area contributed by atoms with Gasteiger partial charge in [0.2, 0.25) is 17.8 Å². The van der Waals surface area contributed by atoms with Crippen LogP contribution in [0.5, 0.6) is 0 Å². The van der Waals surface area contributed by atoms with Crippen LogP contribution in [0, 0.1) is 0 Å². The summed E-state index contributed by atoms with van der Waals surface area (Å²) in [5.74, 6) is -0.875. The fourth-order valence-corrected chi connectivity index (χ4v) is 4.29. The Hall–Kier alpha value is -4.18. The minimum Gasteiger partial charge on any atom is -0.452 e. The number of fused-ring (bicyclic) bond motifs is 1. The zero-order chi connectivity index (χ0) is 26.7. The fraction of sp³-hybridized carbons (Fsp3) is 0.333. The topological polar surface area (TPSA) is 106 Å². The van der Waals surface area contributed by atoms with E-state index in [9.17, 15) is 14.4 Å². The van der Waals surface area contributed by atoms with Crippen LogP contribution in [0.15, 0.2) is 54.6 Å². The van der Waals surface area contributed by atoms with Gasteiger partial charge in [-0.2, -0.15) is 4.98 Å². The van der Waals surface area contributed by atoms with Crippen molar-refractivity contribution in [2.24, 2.45) is 0 Å². The van der Waals surface area contributed by atoms with Crippen molar-refractivity contribution in [2.75, 3.05) is 49.5 Å². The molecule has 194 valence electrons. The second-order valence-electron chi connectivity index (χ2n) is 9.59. The van der Waals surface area contributed by atoms with Gasteiger partial charge in [-0.05, 0) is 37.6 Å². The lowest BCUT2D eigenvalue weighted by Crippen LogP contribution is -2.36. The van der Waals surface area contributed by atoms with E-state index in [4.69, 9.17) is 9.47 Å². The zero-order valence-corrected chi connectivity index (χ0v) is 21.6. The van der Waals surface area contributed by atoms with Crippen LogP contribution in [0.2, 0.25) is 0 Å². The van der Waals surface area contributed by atoms with E-state index in [0.717, 1.165) is 5.56 Å². The molecule has 0 radical (unpaired) electrons. The van der Waals surface area contributed by atoms with Crippen molar-refractivity contribution in [3.63, 3.8) is 0 Å². The third kappa shape index (κ3) is 5.49. The molecule has 1 N–H and O–H groups in total. The van der Waals surface area contributed by atoms with Gasteiger partial charge >= 0.3 is 5.97 Å². The van der Waals surface area contributed by atoms with E-state index in [-0.39, 0.29) is 37.0 Å². The van der Waals surface area contributed by atoms with Crippen LogP contribution >= 0.6 is 0 Å². The summed E-state index contributed by atoms with van der Waals surface area (Å²) < 4.78 is 12.6. The maximum absolute atomic E-state index is 13.6. The number of hydrogen-bond acceptors (Lipinski definition) is 7. The Bertz CT molecular complexity index is 1320. The van der Waals surface area contributed by atoms with Crippen molar-refractivity contribution in [3.8, 4) is 5.69 Å². The van der Waals surface area contributed by atoms with Crippen LogP contribution in [0.1, 0.15) is 29.9 Å². The lowest BCUT2D eigenvalue weighted by atomic mass is 10.1. The number of carbonyl (C=O) groups is 3. The number of methoxy groups -OCH3 is 1. The van der Waals surface area contributed by atoms with Crippen molar-refractivity contribution in [3.05, 3.63) is 65.9 Å². The Morgan fingerprint density at radius 2 is 1.76 bits per heavy atom. The van der Waals surface area contributed by atoms with Gasteiger partial charge in [0.05, 0.1) is 13.0 Å². The number of para-hydroxylation sites is 2. The molecule has 10 nitrogen and oxygen atoms in total. The van der Waals surface area contributed by atoms with Crippen LogP contribution in [0.25, 0.3) is 5.69 Å². The highest BCUT2D eigenvalue weighted by molar-refractivity contribution is 6.08. The van der Waals surface area contributed by atoms with E-state index in [1.54, 1.807) is 37.4 Å². The van der Waals surface area contributed by atoms with Gasteiger partial charge in [0.25, 0.3) is 0 Å². The van der Waals surface area contributed by atoms with Crippen LogP contribution in [-0.4, -0.2) is 67.3 Å². The minimum atomic E-state index is -0.928. The lowest BCUT2D eigenvalue weighted by Gasteiger charge is -2.25. The predicted molar refractivity (Wildman–Crippen MR) is 140 cm³/mol. The fourth-order valence-electron chi connectivity index (χ4n) is 4.29. The number of carbonyl (C=O) groups excluding carboxylic acids is 3. The second-order valence-corrected chi connectivity index (χ2v) is 9.59. The molecule has 2 aromatic carbocycles. The van der Waals surface area contributed by atoms with E-state index < -0.39 is 17.5 Å². The van der Waals surface area contributed by atoms with Gasteiger partial charge < -0.3 is 24.6 Å². The average Bonchev–Trinajstić information content (AvgIpc) is 3.37. The molecule has 1 aromatic heterocycles. The Kier molecular flexibility index (Phi) is 7.30. The summed E-state index contributed by atoms with van der Waals surface area (Å²) >= 11 is 0. The number of ether oxygens (including phenoxy) is 2. The zero-order valence-electron chi connectivity index (χ0n) is 21.6. The molecule has 1 aliphatic rings. The molecular formula is C27H31N5O5. The number of benzene rings is 2. The summed E-state index contributed by atoms with van der Waals surface area (Å²) in [5, 5.41) is 2.75. The first kappa shape index (κ1) is 25.9. The van der Waals surface area contributed by atoms with E-state index in [1.807, 2.05) is 54.6 Å². The molecule has 0 bridgehead atoms. The van der Waals surface area contributed by atoms with Crippen LogP contribution in [0.4, 0.5) is 17.5 Å². The molecule has 37 heavy (non-hydrogen) atoms. The minimum absolute atomic E-state index is 0.0377. The molecule has 0 spiro atoms.